The SMILES string of the molecule is C[C@H](NC(=O)CCC(C)(C)N)c1ccncc1. The first-order chi connectivity index (χ1) is 7.88. The Kier molecular flexibility index (Phi) is 4.63. The van der Waals surface area contributed by atoms with Gasteiger partial charge in [-0.25, -0.2) is 0 Å². The molecule has 1 aromatic rings. The van der Waals surface area contributed by atoms with E-state index in [0.29, 0.717) is 12.8 Å². The van der Waals surface area contributed by atoms with E-state index in [2.05, 4.69) is 10.3 Å². The van der Waals surface area contributed by atoms with E-state index >= 15 is 0 Å². The monoisotopic (exact) mass is 235 g/mol. The zero-order chi connectivity index (χ0) is 12.9. The molecule has 1 rings (SSSR count). The third kappa shape index (κ3) is 5.45. The highest BCUT2D eigenvalue weighted by Gasteiger charge is 2.14. The van der Waals surface area contributed by atoms with Gasteiger partial charge in [0.05, 0.1) is 6.04 Å². The molecule has 0 aliphatic heterocycles. The molecule has 0 bridgehead atoms. The lowest BCUT2D eigenvalue weighted by Crippen LogP contribution is -2.35. The predicted molar refractivity (Wildman–Crippen MR) is 68.3 cm³/mol. The molecule has 94 valence electrons. The van der Waals surface area contributed by atoms with E-state index in [-0.39, 0.29) is 17.5 Å². The van der Waals surface area contributed by atoms with E-state index in [4.69, 9.17) is 5.73 Å². The normalized spacial score (nSPS) is 13.2. The second-order valence-electron chi connectivity index (χ2n) is 5.06. The van der Waals surface area contributed by atoms with Gasteiger partial charge in [-0.05, 0) is 44.9 Å². The average Bonchev–Trinajstić information content (AvgIpc) is 2.27. The molecule has 0 aliphatic carbocycles. The summed E-state index contributed by atoms with van der Waals surface area (Å²) in [5, 5.41) is 2.95. The molecule has 0 aromatic carbocycles. The van der Waals surface area contributed by atoms with Gasteiger partial charge in [-0.2, -0.15) is 0 Å². The number of nitrogens with two attached hydrogens (primary N) is 1. The van der Waals surface area contributed by atoms with Crippen LogP contribution in [-0.4, -0.2) is 16.4 Å². The fourth-order valence-corrected chi connectivity index (χ4v) is 1.48. The molecule has 0 saturated heterocycles. The molecule has 0 aliphatic rings. The quantitative estimate of drug-likeness (QED) is 0.817. The Balaban J connectivity index is 2.42. The Morgan fingerprint density at radius 1 is 1.47 bits per heavy atom. The molecular weight excluding hydrogens is 214 g/mol. The first kappa shape index (κ1) is 13.6. The van der Waals surface area contributed by atoms with Crippen molar-refractivity contribution >= 4 is 5.91 Å². The van der Waals surface area contributed by atoms with Crippen molar-refractivity contribution in [2.75, 3.05) is 0 Å². The first-order valence-electron chi connectivity index (χ1n) is 5.87. The number of hydrogen-bond acceptors (Lipinski definition) is 3. The van der Waals surface area contributed by atoms with Crippen molar-refractivity contribution in [3.8, 4) is 0 Å². The fourth-order valence-electron chi connectivity index (χ4n) is 1.48. The zero-order valence-corrected chi connectivity index (χ0v) is 10.7. The average molecular weight is 235 g/mol. The van der Waals surface area contributed by atoms with Crippen LogP contribution in [0.4, 0.5) is 0 Å². The van der Waals surface area contributed by atoms with Crippen molar-refractivity contribution in [1.29, 1.82) is 0 Å². The van der Waals surface area contributed by atoms with Crippen molar-refractivity contribution in [1.82, 2.24) is 10.3 Å². The summed E-state index contributed by atoms with van der Waals surface area (Å²) in [5.41, 5.74) is 6.60. The summed E-state index contributed by atoms with van der Waals surface area (Å²) >= 11 is 0. The van der Waals surface area contributed by atoms with Crippen molar-refractivity contribution in [3.05, 3.63) is 30.1 Å². The van der Waals surface area contributed by atoms with Crippen molar-refractivity contribution in [3.63, 3.8) is 0 Å². The van der Waals surface area contributed by atoms with Gasteiger partial charge in [0.1, 0.15) is 0 Å². The van der Waals surface area contributed by atoms with Gasteiger partial charge < -0.3 is 11.1 Å². The lowest BCUT2D eigenvalue weighted by Gasteiger charge is -2.19. The topological polar surface area (TPSA) is 68.0 Å². The number of amides is 1. The van der Waals surface area contributed by atoms with Crippen LogP contribution >= 0.6 is 0 Å². The minimum atomic E-state index is -0.294. The molecular formula is C13H21N3O. The molecule has 17 heavy (non-hydrogen) atoms. The maximum absolute atomic E-state index is 11.7. The third-order valence-corrected chi connectivity index (χ3v) is 2.58. The molecule has 0 unspecified atom stereocenters. The molecule has 1 aromatic heterocycles. The van der Waals surface area contributed by atoms with Gasteiger partial charge in [-0.1, -0.05) is 0 Å². The predicted octanol–water partition coefficient (Wildman–Crippen LogP) is 1.78. The molecule has 0 spiro atoms. The van der Waals surface area contributed by atoms with Crippen LogP contribution in [0.15, 0.2) is 24.5 Å². The number of nitrogens with zero attached hydrogens (tertiary/aromatic N) is 1. The molecule has 4 nitrogen and oxygen atoms in total. The highest BCUT2D eigenvalue weighted by Crippen LogP contribution is 2.12. The van der Waals surface area contributed by atoms with Crippen LogP contribution < -0.4 is 11.1 Å². The van der Waals surface area contributed by atoms with E-state index in [9.17, 15) is 4.79 Å². The second-order valence-corrected chi connectivity index (χ2v) is 5.06. The van der Waals surface area contributed by atoms with Crippen LogP contribution in [-0.2, 0) is 4.79 Å². The standard InChI is InChI=1S/C13H21N3O/c1-10(11-5-8-15-9-6-11)16-12(17)4-7-13(2,3)14/h5-6,8-10H,4,7,14H2,1-3H3,(H,16,17)/t10-/m0/s1. The number of carbonyl (C=O) groups is 1. The van der Waals surface area contributed by atoms with Crippen LogP contribution in [0.3, 0.4) is 0 Å². The maximum atomic E-state index is 11.7. The van der Waals surface area contributed by atoms with Crippen LogP contribution in [0, 0.1) is 0 Å². The van der Waals surface area contributed by atoms with E-state index in [1.54, 1.807) is 12.4 Å². The maximum Gasteiger partial charge on any atom is 0.220 e. The first-order valence-corrected chi connectivity index (χ1v) is 5.87. The van der Waals surface area contributed by atoms with Gasteiger partial charge in [0.25, 0.3) is 0 Å². The minimum Gasteiger partial charge on any atom is -0.350 e. The molecule has 3 N–H and O–H groups in total. The van der Waals surface area contributed by atoms with Gasteiger partial charge in [-0.15, -0.1) is 0 Å². The number of carbonyl (C=O) groups excluding carboxylic acids is 1. The fraction of sp³-hybridized carbons (Fsp3) is 0.538. The Hall–Kier alpha value is -1.42. The number of pyridine rings is 1. The molecule has 1 amide bonds. The van der Waals surface area contributed by atoms with Crippen LogP contribution in [0.5, 0.6) is 0 Å². The Bertz CT molecular complexity index is 357. The van der Waals surface area contributed by atoms with E-state index in [0.717, 1.165) is 5.56 Å². The summed E-state index contributed by atoms with van der Waals surface area (Å²) in [6.07, 6.45) is 4.59. The van der Waals surface area contributed by atoms with Crippen molar-refractivity contribution in [2.45, 2.75) is 45.2 Å². The molecule has 1 heterocycles. The molecule has 1 atom stereocenters. The van der Waals surface area contributed by atoms with Crippen LogP contribution in [0.25, 0.3) is 0 Å². The Morgan fingerprint density at radius 3 is 2.59 bits per heavy atom. The molecule has 4 heteroatoms. The number of nitrogens with one attached hydrogen (secondary N) is 1. The van der Waals surface area contributed by atoms with Crippen LogP contribution in [0.2, 0.25) is 0 Å². The van der Waals surface area contributed by atoms with E-state index in [1.165, 1.54) is 0 Å². The summed E-state index contributed by atoms with van der Waals surface area (Å²) < 4.78 is 0. The largest absolute Gasteiger partial charge is 0.350 e. The summed E-state index contributed by atoms with van der Waals surface area (Å²) in [6, 6.07) is 3.81. The second kappa shape index (κ2) is 5.77. The molecule has 0 fully saturated rings. The molecule has 0 radical (unpaired) electrons. The number of rotatable bonds is 5. The minimum absolute atomic E-state index is 0.00591. The highest BCUT2D eigenvalue weighted by atomic mass is 16.1. The highest BCUT2D eigenvalue weighted by molar-refractivity contribution is 5.76. The number of aromatic nitrogens is 1. The van der Waals surface area contributed by atoms with E-state index < -0.39 is 0 Å². The molecule has 0 saturated carbocycles. The summed E-state index contributed by atoms with van der Waals surface area (Å²) in [4.78, 5) is 15.6. The summed E-state index contributed by atoms with van der Waals surface area (Å²) in [7, 11) is 0. The van der Waals surface area contributed by atoms with Crippen LogP contribution in [0.1, 0.15) is 45.2 Å². The van der Waals surface area contributed by atoms with Gasteiger partial charge in [-0.3, -0.25) is 9.78 Å². The lowest BCUT2D eigenvalue weighted by molar-refractivity contribution is -0.122. The Morgan fingerprint density at radius 2 is 2.06 bits per heavy atom. The zero-order valence-electron chi connectivity index (χ0n) is 10.7. The van der Waals surface area contributed by atoms with Gasteiger partial charge in [0.15, 0.2) is 0 Å². The summed E-state index contributed by atoms with van der Waals surface area (Å²) in [6.45, 7) is 5.81. The van der Waals surface area contributed by atoms with Gasteiger partial charge >= 0.3 is 0 Å². The third-order valence-electron chi connectivity index (χ3n) is 2.58. The van der Waals surface area contributed by atoms with Crippen molar-refractivity contribution < 1.29 is 4.79 Å². The van der Waals surface area contributed by atoms with Gasteiger partial charge in [0.2, 0.25) is 5.91 Å². The lowest BCUT2D eigenvalue weighted by atomic mass is 9.99. The Labute approximate surface area is 103 Å². The van der Waals surface area contributed by atoms with E-state index in [1.807, 2.05) is 32.9 Å². The number of hydrogen-bond donors (Lipinski definition) is 2. The van der Waals surface area contributed by atoms with Crippen molar-refractivity contribution in [2.24, 2.45) is 5.73 Å². The smallest absolute Gasteiger partial charge is 0.220 e. The summed E-state index contributed by atoms with van der Waals surface area (Å²) in [5.74, 6) is 0.0350. The van der Waals surface area contributed by atoms with Gasteiger partial charge in [0, 0.05) is 24.4 Å².